The maximum Gasteiger partial charge on any atom is 0.119 e. The Morgan fingerprint density at radius 2 is 1.95 bits per heavy atom. The average Bonchev–Trinajstić information content (AvgIpc) is 2.50. The van der Waals surface area contributed by atoms with Crippen LogP contribution in [0.3, 0.4) is 0 Å². The van der Waals surface area contributed by atoms with E-state index in [2.05, 4.69) is 17.1 Å². The number of benzene rings is 1. The summed E-state index contributed by atoms with van der Waals surface area (Å²) in [5, 5.41) is 3.66. The van der Waals surface area contributed by atoms with Crippen molar-refractivity contribution in [2.24, 2.45) is 0 Å². The van der Waals surface area contributed by atoms with E-state index in [9.17, 15) is 0 Å². The normalized spacial score (nSPS) is 17.2. The van der Waals surface area contributed by atoms with E-state index in [4.69, 9.17) is 4.74 Å². The SMILES string of the molecule is CCCN1CCC(NCCCOc2ccccc2)CC1. The predicted octanol–water partition coefficient (Wildman–Crippen LogP) is 2.92. The van der Waals surface area contributed by atoms with Crippen LogP contribution in [0.15, 0.2) is 30.3 Å². The molecule has 0 saturated carbocycles. The summed E-state index contributed by atoms with van der Waals surface area (Å²) in [6, 6.07) is 10.8. The molecule has 1 heterocycles. The summed E-state index contributed by atoms with van der Waals surface area (Å²) in [5.41, 5.74) is 0. The van der Waals surface area contributed by atoms with Crippen molar-refractivity contribution in [3.63, 3.8) is 0 Å². The molecule has 0 radical (unpaired) electrons. The van der Waals surface area contributed by atoms with Crippen LogP contribution in [0.4, 0.5) is 0 Å². The van der Waals surface area contributed by atoms with Gasteiger partial charge in [0.1, 0.15) is 5.75 Å². The first kappa shape index (κ1) is 15.3. The van der Waals surface area contributed by atoms with Crippen molar-refractivity contribution in [1.82, 2.24) is 10.2 Å². The van der Waals surface area contributed by atoms with Crippen molar-refractivity contribution < 1.29 is 4.74 Å². The van der Waals surface area contributed by atoms with Crippen LogP contribution < -0.4 is 10.1 Å². The number of ether oxygens (including phenoxy) is 1. The van der Waals surface area contributed by atoms with Gasteiger partial charge < -0.3 is 15.0 Å². The topological polar surface area (TPSA) is 24.5 Å². The Hall–Kier alpha value is -1.06. The van der Waals surface area contributed by atoms with E-state index >= 15 is 0 Å². The monoisotopic (exact) mass is 276 g/mol. The molecule has 0 bridgehead atoms. The summed E-state index contributed by atoms with van der Waals surface area (Å²) in [6.07, 6.45) is 4.93. The molecule has 3 nitrogen and oxygen atoms in total. The van der Waals surface area contributed by atoms with Crippen molar-refractivity contribution in [3.05, 3.63) is 30.3 Å². The fourth-order valence-electron chi connectivity index (χ4n) is 2.76. The van der Waals surface area contributed by atoms with Gasteiger partial charge in [0.15, 0.2) is 0 Å². The number of nitrogens with zero attached hydrogens (tertiary/aromatic N) is 1. The Morgan fingerprint density at radius 1 is 1.20 bits per heavy atom. The largest absolute Gasteiger partial charge is 0.494 e. The first-order valence-electron chi connectivity index (χ1n) is 8.02. The van der Waals surface area contributed by atoms with Crippen LogP contribution in [0.25, 0.3) is 0 Å². The van der Waals surface area contributed by atoms with Gasteiger partial charge in [-0.25, -0.2) is 0 Å². The lowest BCUT2D eigenvalue weighted by Gasteiger charge is -2.32. The highest BCUT2D eigenvalue weighted by molar-refractivity contribution is 5.20. The van der Waals surface area contributed by atoms with Gasteiger partial charge in [0, 0.05) is 6.04 Å². The Morgan fingerprint density at radius 3 is 2.65 bits per heavy atom. The van der Waals surface area contributed by atoms with Gasteiger partial charge in [-0.05, 0) is 64.0 Å². The zero-order chi connectivity index (χ0) is 14.0. The zero-order valence-corrected chi connectivity index (χ0v) is 12.7. The average molecular weight is 276 g/mol. The molecule has 1 aliphatic rings. The maximum absolute atomic E-state index is 5.70. The number of likely N-dealkylation sites (tertiary alicyclic amines) is 1. The number of nitrogens with one attached hydrogen (secondary N) is 1. The van der Waals surface area contributed by atoms with E-state index in [1.807, 2.05) is 30.3 Å². The second-order valence-corrected chi connectivity index (χ2v) is 5.59. The lowest BCUT2D eigenvalue weighted by Crippen LogP contribution is -2.43. The van der Waals surface area contributed by atoms with Crippen LogP contribution in [0.1, 0.15) is 32.6 Å². The molecule has 0 atom stereocenters. The third-order valence-corrected chi connectivity index (χ3v) is 3.89. The van der Waals surface area contributed by atoms with Gasteiger partial charge in [-0.3, -0.25) is 0 Å². The molecular formula is C17H28N2O. The van der Waals surface area contributed by atoms with Gasteiger partial charge in [-0.15, -0.1) is 0 Å². The third kappa shape index (κ3) is 5.51. The molecule has 0 amide bonds. The number of piperidine rings is 1. The Balaban J connectivity index is 1.50. The molecule has 1 aliphatic heterocycles. The second-order valence-electron chi connectivity index (χ2n) is 5.59. The summed E-state index contributed by atoms with van der Waals surface area (Å²) in [6.45, 7) is 7.89. The third-order valence-electron chi connectivity index (χ3n) is 3.89. The molecule has 0 spiro atoms. The van der Waals surface area contributed by atoms with Gasteiger partial charge in [0.05, 0.1) is 6.61 Å². The van der Waals surface area contributed by atoms with Crippen molar-refractivity contribution in [2.45, 2.75) is 38.6 Å². The minimum atomic E-state index is 0.708. The van der Waals surface area contributed by atoms with Gasteiger partial charge in [0.25, 0.3) is 0 Å². The number of rotatable bonds is 8. The van der Waals surface area contributed by atoms with Gasteiger partial charge >= 0.3 is 0 Å². The Labute approximate surface area is 123 Å². The lowest BCUT2D eigenvalue weighted by molar-refractivity contribution is 0.196. The van der Waals surface area contributed by atoms with Crippen LogP contribution >= 0.6 is 0 Å². The molecule has 1 fully saturated rings. The number of hydrogen-bond donors (Lipinski definition) is 1. The summed E-state index contributed by atoms with van der Waals surface area (Å²) in [5.74, 6) is 0.973. The van der Waals surface area contributed by atoms with E-state index in [0.717, 1.165) is 25.3 Å². The first-order valence-corrected chi connectivity index (χ1v) is 8.02. The highest BCUT2D eigenvalue weighted by Crippen LogP contribution is 2.11. The van der Waals surface area contributed by atoms with Crippen molar-refractivity contribution in [3.8, 4) is 5.75 Å². The molecule has 3 heteroatoms. The number of para-hydroxylation sites is 1. The predicted molar refractivity (Wildman–Crippen MR) is 84.3 cm³/mol. The molecule has 0 aromatic heterocycles. The Bertz CT molecular complexity index is 347. The smallest absolute Gasteiger partial charge is 0.119 e. The molecule has 1 N–H and O–H groups in total. The van der Waals surface area contributed by atoms with Crippen LogP contribution in [-0.2, 0) is 0 Å². The number of hydrogen-bond acceptors (Lipinski definition) is 3. The molecule has 0 unspecified atom stereocenters. The summed E-state index contributed by atoms with van der Waals surface area (Å²) >= 11 is 0. The molecule has 1 saturated heterocycles. The van der Waals surface area contributed by atoms with E-state index in [-0.39, 0.29) is 0 Å². The fraction of sp³-hybridized carbons (Fsp3) is 0.647. The van der Waals surface area contributed by atoms with E-state index in [1.54, 1.807) is 0 Å². The van der Waals surface area contributed by atoms with E-state index in [1.165, 1.54) is 38.9 Å². The lowest BCUT2D eigenvalue weighted by atomic mass is 10.0. The van der Waals surface area contributed by atoms with Crippen molar-refractivity contribution >= 4 is 0 Å². The van der Waals surface area contributed by atoms with Crippen LogP contribution in [0, 0.1) is 0 Å². The molecule has 112 valence electrons. The molecule has 1 aromatic carbocycles. The zero-order valence-electron chi connectivity index (χ0n) is 12.7. The summed E-state index contributed by atoms with van der Waals surface area (Å²) < 4.78 is 5.70. The summed E-state index contributed by atoms with van der Waals surface area (Å²) in [4.78, 5) is 2.58. The van der Waals surface area contributed by atoms with Crippen molar-refractivity contribution in [1.29, 1.82) is 0 Å². The molecule has 2 rings (SSSR count). The fourth-order valence-corrected chi connectivity index (χ4v) is 2.76. The highest BCUT2D eigenvalue weighted by Gasteiger charge is 2.17. The van der Waals surface area contributed by atoms with Crippen molar-refractivity contribution in [2.75, 3.05) is 32.8 Å². The minimum Gasteiger partial charge on any atom is -0.494 e. The maximum atomic E-state index is 5.70. The molecular weight excluding hydrogens is 248 g/mol. The highest BCUT2D eigenvalue weighted by atomic mass is 16.5. The Kier molecular flexibility index (Phi) is 6.89. The quantitative estimate of drug-likeness (QED) is 0.739. The van der Waals surface area contributed by atoms with Gasteiger partial charge in [-0.1, -0.05) is 25.1 Å². The van der Waals surface area contributed by atoms with Crippen LogP contribution in [-0.4, -0.2) is 43.7 Å². The molecule has 0 aliphatic carbocycles. The summed E-state index contributed by atoms with van der Waals surface area (Å²) in [7, 11) is 0. The standard InChI is InChI=1S/C17H28N2O/c1-2-12-19-13-9-16(10-14-19)18-11-6-15-20-17-7-4-3-5-8-17/h3-5,7-8,16,18H,2,6,9-15H2,1H3. The van der Waals surface area contributed by atoms with Gasteiger partial charge in [-0.2, -0.15) is 0 Å². The second kappa shape index (κ2) is 8.98. The van der Waals surface area contributed by atoms with Crippen LogP contribution in [0.5, 0.6) is 5.75 Å². The van der Waals surface area contributed by atoms with Crippen LogP contribution in [0.2, 0.25) is 0 Å². The molecule has 1 aromatic rings. The van der Waals surface area contributed by atoms with Gasteiger partial charge in [0.2, 0.25) is 0 Å². The minimum absolute atomic E-state index is 0.708. The van der Waals surface area contributed by atoms with E-state index < -0.39 is 0 Å². The molecule has 20 heavy (non-hydrogen) atoms. The van der Waals surface area contributed by atoms with E-state index in [0.29, 0.717) is 6.04 Å². The first-order chi connectivity index (χ1) is 9.88.